The average molecular weight is 304 g/mol. The van der Waals surface area contributed by atoms with Crippen LogP contribution in [0.1, 0.15) is 30.2 Å². The summed E-state index contributed by atoms with van der Waals surface area (Å²) in [5.74, 6) is 2.44. The lowest BCUT2D eigenvalue weighted by Crippen LogP contribution is -2.15. The highest BCUT2D eigenvalue weighted by atomic mass is 35.5. The number of aromatic nitrogens is 5. The van der Waals surface area contributed by atoms with Gasteiger partial charge in [-0.1, -0.05) is 6.07 Å². The number of alkyl halides is 1. The quantitative estimate of drug-likeness (QED) is 0.696. The zero-order chi connectivity index (χ0) is 15.0. The first-order valence-corrected chi connectivity index (χ1v) is 7.52. The third-order valence-electron chi connectivity index (χ3n) is 3.74. The molecule has 0 radical (unpaired) electrons. The van der Waals surface area contributed by atoms with Gasteiger partial charge in [-0.2, -0.15) is 0 Å². The van der Waals surface area contributed by atoms with Gasteiger partial charge in [-0.3, -0.25) is 0 Å². The van der Waals surface area contributed by atoms with Crippen molar-refractivity contribution in [3.8, 4) is 0 Å². The maximum absolute atomic E-state index is 5.94. The van der Waals surface area contributed by atoms with Crippen LogP contribution in [0.4, 0.5) is 0 Å². The van der Waals surface area contributed by atoms with Gasteiger partial charge in [-0.15, -0.1) is 21.8 Å². The molecule has 0 aliphatic rings. The van der Waals surface area contributed by atoms with Gasteiger partial charge >= 0.3 is 0 Å². The van der Waals surface area contributed by atoms with Gasteiger partial charge in [0.05, 0.1) is 17.1 Å². The van der Waals surface area contributed by atoms with Crippen LogP contribution in [0.25, 0.3) is 11.0 Å². The second kappa shape index (κ2) is 5.48. The Hall–Kier alpha value is -1.88. The van der Waals surface area contributed by atoms with Crippen molar-refractivity contribution < 1.29 is 0 Å². The number of aryl methyl sites for hydroxylation is 3. The lowest BCUT2D eigenvalue weighted by atomic mass is 10.2. The molecule has 3 rings (SSSR count). The number of halogens is 1. The van der Waals surface area contributed by atoms with Gasteiger partial charge in [0.15, 0.2) is 5.82 Å². The summed E-state index contributed by atoms with van der Waals surface area (Å²) < 4.78 is 4.15. The van der Waals surface area contributed by atoms with E-state index in [1.54, 1.807) is 6.33 Å². The van der Waals surface area contributed by atoms with Gasteiger partial charge in [0.1, 0.15) is 12.2 Å². The highest BCUT2D eigenvalue weighted by Gasteiger charge is 2.20. The molecule has 21 heavy (non-hydrogen) atoms. The number of imidazole rings is 1. The summed E-state index contributed by atoms with van der Waals surface area (Å²) in [7, 11) is 1.95. The number of nitrogens with zero attached hydrogens (tertiary/aromatic N) is 5. The molecular formula is C15H18ClN5. The molecule has 0 aliphatic carbocycles. The molecule has 6 heteroatoms. The third kappa shape index (κ3) is 2.42. The predicted octanol–water partition coefficient (Wildman–Crippen LogP) is 2.86. The fourth-order valence-corrected chi connectivity index (χ4v) is 2.91. The van der Waals surface area contributed by atoms with Crippen LogP contribution in [0.2, 0.25) is 0 Å². The fourth-order valence-electron chi connectivity index (χ4n) is 2.74. The van der Waals surface area contributed by atoms with Crippen LogP contribution in [0.5, 0.6) is 0 Å². The Morgan fingerprint density at radius 2 is 2.14 bits per heavy atom. The summed E-state index contributed by atoms with van der Waals surface area (Å²) in [6, 6.07) is 6.38. The SMILES string of the molecule is Cc1ccc2c(c1)nc(CCCl)n2C(C)c1nncn1C. The van der Waals surface area contributed by atoms with Crippen LogP contribution < -0.4 is 0 Å². The van der Waals surface area contributed by atoms with Crippen LogP contribution in [-0.2, 0) is 13.5 Å². The molecule has 0 aliphatic heterocycles. The van der Waals surface area contributed by atoms with Crippen molar-refractivity contribution in [2.75, 3.05) is 5.88 Å². The number of fused-ring (bicyclic) bond motifs is 1. The number of benzene rings is 1. The van der Waals surface area contributed by atoms with E-state index >= 15 is 0 Å². The van der Waals surface area contributed by atoms with Gasteiger partial charge in [0, 0.05) is 19.3 Å². The number of hydrogen-bond donors (Lipinski definition) is 0. The zero-order valence-electron chi connectivity index (χ0n) is 12.4. The molecule has 1 aromatic carbocycles. The Morgan fingerprint density at radius 3 is 2.81 bits per heavy atom. The molecule has 0 saturated carbocycles. The minimum atomic E-state index is 0.0587. The van der Waals surface area contributed by atoms with Crippen LogP contribution >= 0.6 is 11.6 Å². The summed E-state index contributed by atoms with van der Waals surface area (Å²) in [6.45, 7) is 4.19. The summed E-state index contributed by atoms with van der Waals surface area (Å²) in [5.41, 5.74) is 3.32. The van der Waals surface area contributed by atoms with E-state index in [9.17, 15) is 0 Å². The molecule has 0 fully saturated rings. The topological polar surface area (TPSA) is 48.5 Å². The summed E-state index contributed by atoms with van der Waals surface area (Å²) in [4.78, 5) is 4.74. The monoisotopic (exact) mass is 303 g/mol. The lowest BCUT2D eigenvalue weighted by Gasteiger charge is -2.16. The molecule has 0 N–H and O–H groups in total. The van der Waals surface area contributed by atoms with Crippen LogP contribution in [-0.4, -0.2) is 30.2 Å². The van der Waals surface area contributed by atoms with Crippen molar-refractivity contribution in [3.63, 3.8) is 0 Å². The summed E-state index contributed by atoms with van der Waals surface area (Å²) in [6.07, 6.45) is 2.45. The second-order valence-corrected chi connectivity index (χ2v) is 5.68. The molecule has 5 nitrogen and oxygen atoms in total. The van der Waals surface area contributed by atoms with Crippen LogP contribution in [0.3, 0.4) is 0 Å². The molecule has 0 amide bonds. The minimum Gasteiger partial charge on any atom is -0.319 e. The van der Waals surface area contributed by atoms with Gasteiger partial charge < -0.3 is 9.13 Å². The van der Waals surface area contributed by atoms with Gasteiger partial charge in [-0.05, 0) is 31.5 Å². The van der Waals surface area contributed by atoms with Crippen LogP contribution in [0, 0.1) is 6.92 Å². The maximum atomic E-state index is 5.94. The Balaban J connectivity index is 2.19. The smallest absolute Gasteiger partial charge is 0.155 e. The zero-order valence-corrected chi connectivity index (χ0v) is 13.2. The van der Waals surface area contributed by atoms with Crippen molar-refractivity contribution >= 4 is 22.6 Å². The molecule has 2 heterocycles. The summed E-state index contributed by atoms with van der Waals surface area (Å²) in [5, 5.41) is 8.20. The average Bonchev–Trinajstić information content (AvgIpc) is 3.01. The van der Waals surface area contributed by atoms with E-state index in [-0.39, 0.29) is 6.04 Å². The van der Waals surface area contributed by atoms with E-state index in [1.807, 2.05) is 11.6 Å². The van der Waals surface area contributed by atoms with Gasteiger partial charge in [0.2, 0.25) is 0 Å². The van der Waals surface area contributed by atoms with E-state index in [0.717, 1.165) is 29.1 Å². The normalized spacial score (nSPS) is 13.0. The van der Waals surface area contributed by atoms with Crippen molar-refractivity contribution in [1.82, 2.24) is 24.3 Å². The van der Waals surface area contributed by atoms with Gasteiger partial charge in [-0.25, -0.2) is 4.98 Å². The van der Waals surface area contributed by atoms with E-state index in [4.69, 9.17) is 16.6 Å². The van der Waals surface area contributed by atoms with E-state index in [2.05, 4.69) is 46.8 Å². The van der Waals surface area contributed by atoms with Crippen molar-refractivity contribution in [2.45, 2.75) is 26.3 Å². The molecule has 1 atom stereocenters. The first-order valence-electron chi connectivity index (χ1n) is 6.99. The number of rotatable bonds is 4. The molecular weight excluding hydrogens is 286 g/mol. The molecule has 0 saturated heterocycles. The highest BCUT2D eigenvalue weighted by molar-refractivity contribution is 6.17. The second-order valence-electron chi connectivity index (χ2n) is 5.31. The predicted molar refractivity (Wildman–Crippen MR) is 83.7 cm³/mol. The lowest BCUT2D eigenvalue weighted by molar-refractivity contribution is 0.566. The minimum absolute atomic E-state index is 0.0587. The third-order valence-corrected chi connectivity index (χ3v) is 3.93. The Bertz CT molecular complexity index is 774. The van der Waals surface area contributed by atoms with E-state index < -0.39 is 0 Å². The molecule has 0 spiro atoms. The number of hydrogen-bond acceptors (Lipinski definition) is 3. The Morgan fingerprint density at radius 1 is 1.33 bits per heavy atom. The molecule has 2 aromatic heterocycles. The molecule has 110 valence electrons. The summed E-state index contributed by atoms with van der Waals surface area (Å²) >= 11 is 5.94. The highest BCUT2D eigenvalue weighted by Crippen LogP contribution is 2.26. The first kappa shape index (κ1) is 14.1. The largest absolute Gasteiger partial charge is 0.319 e. The van der Waals surface area contributed by atoms with Crippen molar-refractivity contribution in [3.05, 3.63) is 41.7 Å². The van der Waals surface area contributed by atoms with Crippen molar-refractivity contribution in [1.29, 1.82) is 0 Å². The standard InChI is InChI=1S/C15H18ClN5/c1-10-4-5-13-12(8-10)18-14(6-7-16)21(13)11(2)15-19-17-9-20(15)3/h4-5,8-9,11H,6-7H2,1-3H3. The van der Waals surface area contributed by atoms with Crippen molar-refractivity contribution in [2.24, 2.45) is 7.05 Å². The molecule has 1 unspecified atom stereocenters. The first-order chi connectivity index (χ1) is 10.1. The van der Waals surface area contributed by atoms with E-state index in [1.165, 1.54) is 5.56 Å². The Labute approximate surface area is 128 Å². The van der Waals surface area contributed by atoms with Gasteiger partial charge in [0.25, 0.3) is 0 Å². The van der Waals surface area contributed by atoms with E-state index in [0.29, 0.717) is 5.88 Å². The van der Waals surface area contributed by atoms with Crippen LogP contribution in [0.15, 0.2) is 24.5 Å². The Kier molecular flexibility index (Phi) is 3.68. The molecule has 0 bridgehead atoms. The maximum Gasteiger partial charge on any atom is 0.155 e. The molecule has 3 aromatic rings. The fraction of sp³-hybridized carbons (Fsp3) is 0.400.